The fourth-order valence-corrected chi connectivity index (χ4v) is 3.65. The van der Waals surface area contributed by atoms with E-state index in [0.717, 1.165) is 25.8 Å². The topological polar surface area (TPSA) is 46.3 Å². The Bertz CT molecular complexity index is 288. The second kappa shape index (κ2) is 6.05. The molecular weight excluding hydrogens is 224 g/mol. The number of primary amides is 1. The number of piperidine rings is 1. The van der Waals surface area contributed by atoms with E-state index in [2.05, 4.69) is 39.5 Å². The molecule has 106 valence electrons. The van der Waals surface area contributed by atoms with Gasteiger partial charge in [0.2, 0.25) is 5.91 Å². The van der Waals surface area contributed by atoms with Gasteiger partial charge in [0, 0.05) is 6.04 Å². The van der Waals surface area contributed by atoms with Crippen LogP contribution in [0.1, 0.15) is 60.3 Å². The van der Waals surface area contributed by atoms with Gasteiger partial charge >= 0.3 is 0 Å². The van der Waals surface area contributed by atoms with E-state index in [4.69, 9.17) is 5.73 Å². The van der Waals surface area contributed by atoms with Gasteiger partial charge in [0.25, 0.3) is 0 Å². The summed E-state index contributed by atoms with van der Waals surface area (Å²) in [4.78, 5) is 14.6. The minimum Gasteiger partial charge on any atom is -0.368 e. The van der Waals surface area contributed by atoms with Gasteiger partial charge in [-0.05, 0) is 44.1 Å². The fourth-order valence-electron chi connectivity index (χ4n) is 3.65. The molecule has 0 aromatic heterocycles. The minimum atomic E-state index is -0.427. The molecule has 0 spiro atoms. The first-order valence-corrected chi connectivity index (χ1v) is 7.44. The third kappa shape index (κ3) is 2.56. The normalized spacial score (nSPS) is 30.1. The van der Waals surface area contributed by atoms with E-state index in [1.165, 1.54) is 6.42 Å². The lowest BCUT2D eigenvalue weighted by molar-refractivity contribution is -0.142. The summed E-state index contributed by atoms with van der Waals surface area (Å²) < 4.78 is 0. The lowest BCUT2D eigenvalue weighted by Gasteiger charge is -2.53. The highest BCUT2D eigenvalue weighted by molar-refractivity contribution is 5.85. The van der Waals surface area contributed by atoms with E-state index < -0.39 is 5.54 Å². The molecule has 2 atom stereocenters. The van der Waals surface area contributed by atoms with Crippen LogP contribution in [0.4, 0.5) is 0 Å². The summed E-state index contributed by atoms with van der Waals surface area (Å²) in [5.74, 6) is 0.730. The molecule has 1 rings (SSSR count). The molecule has 0 aliphatic carbocycles. The fraction of sp³-hybridized carbons (Fsp3) is 0.933. The first-order valence-electron chi connectivity index (χ1n) is 7.44. The third-order valence-electron chi connectivity index (χ3n) is 4.59. The van der Waals surface area contributed by atoms with Crippen LogP contribution in [0.15, 0.2) is 0 Å². The van der Waals surface area contributed by atoms with E-state index >= 15 is 0 Å². The van der Waals surface area contributed by atoms with E-state index in [-0.39, 0.29) is 11.8 Å². The van der Waals surface area contributed by atoms with Crippen LogP contribution in [0.3, 0.4) is 0 Å². The number of carbonyl (C=O) groups excluding carboxylic acids is 1. The molecule has 1 aliphatic rings. The standard InChI is InChI=1S/C15H30N2O/c1-6-10-17-13(11(2)3)8-7-9-15(17,12(4)5)14(16)18/h11-13H,6-10H2,1-5H3,(H2,16,18). The quantitative estimate of drug-likeness (QED) is 0.820. The average molecular weight is 254 g/mol. The summed E-state index contributed by atoms with van der Waals surface area (Å²) in [6.45, 7) is 11.9. The van der Waals surface area contributed by atoms with E-state index in [1.807, 2.05) is 0 Å². The van der Waals surface area contributed by atoms with Crippen LogP contribution >= 0.6 is 0 Å². The molecule has 0 aromatic rings. The number of carbonyl (C=O) groups is 1. The molecule has 3 heteroatoms. The van der Waals surface area contributed by atoms with Gasteiger partial charge in [-0.3, -0.25) is 9.69 Å². The Hall–Kier alpha value is -0.570. The number of likely N-dealkylation sites (tertiary alicyclic amines) is 1. The Morgan fingerprint density at radius 3 is 2.39 bits per heavy atom. The number of hydrogen-bond acceptors (Lipinski definition) is 2. The van der Waals surface area contributed by atoms with Crippen molar-refractivity contribution in [3.8, 4) is 0 Å². The van der Waals surface area contributed by atoms with Gasteiger partial charge in [0.1, 0.15) is 5.54 Å². The zero-order chi connectivity index (χ0) is 13.9. The largest absolute Gasteiger partial charge is 0.368 e. The van der Waals surface area contributed by atoms with Crippen LogP contribution in [0.25, 0.3) is 0 Å². The molecule has 0 saturated carbocycles. The van der Waals surface area contributed by atoms with Crippen LogP contribution < -0.4 is 5.73 Å². The Morgan fingerprint density at radius 1 is 1.39 bits per heavy atom. The van der Waals surface area contributed by atoms with Gasteiger partial charge in [0.15, 0.2) is 0 Å². The maximum Gasteiger partial charge on any atom is 0.238 e. The molecule has 0 radical (unpaired) electrons. The molecule has 0 aromatic carbocycles. The summed E-state index contributed by atoms with van der Waals surface area (Å²) in [6, 6.07) is 0.494. The molecule has 1 heterocycles. The lowest BCUT2D eigenvalue weighted by atomic mass is 9.73. The van der Waals surface area contributed by atoms with Crippen molar-refractivity contribution in [2.75, 3.05) is 6.54 Å². The highest BCUT2D eigenvalue weighted by atomic mass is 16.1. The van der Waals surface area contributed by atoms with Gasteiger partial charge in [-0.1, -0.05) is 34.6 Å². The van der Waals surface area contributed by atoms with E-state index in [9.17, 15) is 4.79 Å². The minimum absolute atomic E-state index is 0.128. The van der Waals surface area contributed by atoms with Crippen LogP contribution in [-0.4, -0.2) is 28.9 Å². The molecule has 1 amide bonds. The zero-order valence-electron chi connectivity index (χ0n) is 12.7. The maximum atomic E-state index is 12.2. The van der Waals surface area contributed by atoms with Gasteiger partial charge in [-0.2, -0.15) is 0 Å². The Kier molecular flexibility index (Phi) is 5.20. The van der Waals surface area contributed by atoms with Crippen molar-refractivity contribution in [1.82, 2.24) is 4.90 Å². The number of nitrogens with two attached hydrogens (primary N) is 1. The van der Waals surface area contributed by atoms with Crippen molar-refractivity contribution in [1.29, 1.82) is 0 Å². The molecular formula is C15H30N2O. The summed E-state index contributed by atoms with van der Waals surface area (Å²) in [6.07, 6.45) is 4.30. The lowest BCUT2D eigenvalue weighted by Crippen LogP contribution is -2.66. The molecule has 1 aliphatic heterocycles. The Labute approximate surface area is 112 Å². The SMILES string of the molecule is CCCN1C(C(C)C)CCCC1(C(N)=O)C(C)C. The smallest absolute Gasteiger partial charge is 0.238 e. The third-order valence-corrected chi connectivity index (χ3v) is 4.59. The summed E-state index contributed by atoms with van der Waals surface area (Å²) in [5, 5.41) is 0. The van der Waals surface area contributed by atoms with Gasteiger partial charge in [-0.15, -0.1) is 0 Å². The van der Waals surface area contributed by atoms with Crippen molar-refractivity contribution in [2.45, 2.75) is 71.9 Å². The van der Waals surface area contributed by atoms with E-state index in [0.29, 0.717) is 12.0 Å². The van der Waals surface area contributed by atoms with Crippen LogP contribution in [-0.2, 0) is 4.79 Å². The number of rotatable bonds is 5. The zero-order valence-corrected chi connectivity index (χ0v) is 12.7. The predicted molar refractivity (Wildman–Crippen MR) is 76.2 cm³/mol. The summed E-state index contributed by atoms with van der Waals surface area (Å²) >= 11 is 0. The van der Waals surface area contributed by atoms with Crippen molar-refractivity contribution < 1.29 is 4.79 Å². The Morgan fingerprint density at radius 2 is 2.00 bits per heavy atom. The van der Waals surface area contributed by atoms with Crippen LogP contribution in [0.5, 0.6) is 0 Å². The summed E-state index contributed by atoms with van der Waals surface area (Å²) in [5.41, 5.74) is 5.38. The van der Waals surface area contributed by atoms with Crippen LogP contribution in [0, 0.1) is 11.8 Å². The number of hydrogen-bond donors (Lipinski definition) is 1. The van der Waals surface area contributed by atoms with Crippen molar-refractivity contribution in [3.05, 3.63) is 0 Å². The van der Waals surface area contributed by atoms with Crippen molar-refractivity contribution in [2.24, 2.45) is 17.6 Å². The highest BCUT2D eigenvalue weighted by Crippen LogP contribution is 2.39. The van der Waals surface area contributed by atoms with Gasteiger partial charge in [0.05, 0.1) is 0 Å². The molecule has 1 saturated heterocycles. The molecule has 3 nitrogen and oxygen atoms in total. The molecule has 2 N–H and O–H groups in total. The van der Waals surface area contributed by atoms with Gasteiger partial charge in [-0.25, -0.2) is 0 Å². The molecule has 1 fully saturated rings. The number of nitrogens with zero attached hydrogens (tertiary/aromatic N) is 1. The summed E-state index contributed by atoms with van der Waals surface area (Å²) in [7, 11) is 0. The monoisotopic (exact) mass is 254 g/mol. The predicted octanol–water partition coefficient (Wildman–Crippen LogP) is 2.79. The first kappa shape index (κ1) is 15.5. The highest BCUT2D eigenvalue weighted by Gasteiger charge is 2.49. The molecule has 18 heavy (non-hydrogen) atoms. The first-order chi connectivity index (χ1) is 8.37. The van der Waals surface area contributed by atoms with Crippen molar-refractivity contribution in [3.63, 3.8) is 0 Å². The Balaban J connectivity index is 3.15. The second-order valence-corrected chi connectivity index (χ2v) is 6.34. The number of amides is 1. The van der Waals surface area contributed by atoms with E-state index in [1.54, 1.807) is 0 Å². The molecule has 0 bridgehead atoms. The second-order valence-electron chi connectivity index (χ2n) is 6.34. The molecule has 2 unspecified atom stereocenters. The maximum absolute atomic E-state index is 12.2. The van der Waals surface area contributed by atoms with Gasteiger partial charge < -0.3 is 5.73 Å². The van der Waals surface area contributed by atoms with Crippen molar-refractivity contribution >= 4 is 5.91 Å². The average Bonchev–Trinajstić information content (AvgIpc) is 2.28. The van der Waals surface area contributed by atoms with Crippen LogP contribution in [0.2, 0.25) is 0 Å².